The van der Waals surface area contributed by atoms with Crippen molar-refractivity contribution in [2.45, 2.75) is 6.54 Å². The Bertz CT molecular complexity index is 1050. The highest BCUT2D eigenvalue weighted by Gasteiger charge is 2.10. The summed E-state index contributed by atoms with van der Waals surface area (Å²) in [6, 6.07) is 21.0. The van der Waals surface area contributed by atoms with Crippen LogP contribution in [0.25, 0.3) is 11.1 Å². The van der Waals surface area contributed by atoms with Gasteiger partial charge in [-0.25, -0.2) is 0 Å². The maximum atomic E-state index is 12.4. The molecular weight excluding hydrogens is 422 g/mol. The van der Waals surface area contributed by atoms with E-state index >= 15 is 0 Å². The Labute approximate surface area is 195 Å². The molecule has 3 rings (SSSR count). The van der Waals surface area contributed by atoms with Crippen molar-refractivity contribution in [3.63, 3.8) is 0 Å². The fourth-order valence-corrected chi connectivity index (χ4v) is 3.59. The minimum atomic E-state index is -0.187. The normalized spacial score (nSPS) is 11.1. The number of methoxy groups -OCH3 is 1. The molecule has 1 amide bonds. The molecule has 0 unspecified atom stereocenters. The first kappa shape index (κ1) is 23.8. The zero-order chi connectivity index (χ0) is 23.1. The number of carbonyl (C=O) groups is 1. The maximum Gasteiger partial charge on any atom is 0.255 e. The molecule has 0 radical (unpaired) electrons. The second kappa shape index (κ2) is 11.1. The zero-order valence-corrected chi connectivity index (χ0v) is 19.8. The molecule has 0 fully saturated rings. The quantitative estimate of drug-likeness (QED) is 0.482. The van der Waals surface area contributed by atoms with Crippen LogP contribution in [0.5, 0.6) is 5.75 Å². The Hall–Kier alpha value is -2.86. The first-order valence-electron chi connectivity index (χ1n) is 10.5. The molecular formula is C26H30ClN3O2. The monoisotopic (exact) mass is 451 g/mol. The van der Waals surface area contributed by atoms with Gasteiger partial charge in [-0.3, -0.25) is 4.79 Å². The van der Waals surface area contributed by atoms with Gasteiger partial charge in [0.05, 0.1) is 7.11 Å². The molecule has 32 heavy (non-hydrogen) atoms. The van der Waals surface area contributed by atoms with E-state index in [9.17, 15) is 4.79 Å². The lowest BCUT2D eigenvalue weighted by Gasteiger charge is -2.21. The topological polar surface area (TPSA) is 44.8 Å². The highest BCUT2D eigenvalue weighted by atomic mass is 35.5. The van der Waals surface area contributed by atoms with E-state index in [2.05, 4.69) is 48.4 Å². The van der Waals surface area contributed by atoms with Crippen LogP contribution in [0.4, 0.5) is 5.69 Å². The first-order chi connectivity index (χ1) is 15.4. The maximum absolute atomic E-state index is 12.4. The van der Waals surface area contributed by atoms with Gasteiger partial charge in [-0.1, -0.05) is 35.9 Å². The van der Waals surface area contributed by atoms with Gasteiger partial charge in [-0.05, 0) is 74.7 Å². The van der Waals surface area contributed by atoms with Crippen molar-refractivity contribution in [2.75, 3.05) is 46.7 Å². The van der Waals surface area contributed by atoms with E-state index in [1.54, 1.807) is 31.4 Å². The second-order valence-corrected chi connectivity index (χ2v) is 8.55. The van der Waals surface area contributed by atoms with Crippen molar-refractivity contribution in [1.82, 2.24) is 9.80 Å². The van der Waals surface area contributed by atoms with E-state index in [1.807, 2.05) is 30.3 Å². The van der Waals surface area contributed by atoms with E-state index in [1.165, 1.54) is 0 Å². The van der Waals surface area contributed by atoms with E-state index in [0.29, 0.717) is 10.6 Å². The number of nitrogens with zero attached hydrogens (tertiary/aromatic N) is 2. The predicted octanol–water partition coefficient (Wildman–Crippen LogP) is 5.26. The molecule has 0 aliphatic carbocycles. The molecule has 0 aromatic heterocycles. The number of nitrogens with one attached hydrogen (secondary N) is 1. The number of hydrogen-bond donors (Lipinski definition) is 1. The summed E-state index contributed by atoms with van der Waals surface area (Å²) < 4.78 is 5.58. The van der Waals surface area contributed by atoms with Gasteiger partial charge in [0.1, 0.15) is 5.75 Å². The van der Waals surface area contributed by atoms with Gasteiger partial charge in [0.25, 0.3) is 5.91 Å². The van der Waals surface area contributed by atoms with Crippen LogP contribution in [0.15, 0.2) is 66.7 Å². The molecule has 0 saturated carbocycles. The highest BCUT2D eigenvalue weighted by Crippen LogP contribution is 2.28. The van der Waals surface area contributed by atoms with Crippen LogP contribution >= 0.6 is 11.6 Å². The van der Waals surface area contributed by atoms with Crippen molar-refractivity contribution in [2.24, 2.45) is 0 Å². The Balaban J connectivity index is 1.73. The number of ether oxygens (including phenoxy) is 1. The van der Waals surface area contributed by atoms with Crippen LogP contribution in [0.2, 0.25) is 5.02 Å². The Morgan fingerprint density at radius 2 is 1.66 bits per heavy atom. The summed E-state index contributed by atoms with van der Waals surface area (Å²) in [5.74, 6) is 0.698. The molecule has 0 aliphatic rings. The number of benzene rings is 3. The van der Waals surface area contributed by atoms with Crippen LogP contribution in [0.3, 0.4) is 0 Å². The number of rotatable bonds is 9. The molecule has 0 heterocycles. The summed E-state index contributed by atoms with van der Waals surface area (Å²) in [7, 11) is 7.98. The van der Waals surface area contributed by atoms with Crippen molar-refractivity contribution < 1.29 is 9.53 Å². The smallest absolute Gasteiger partial charge is 0.255 e. The number of carbonyl (C=O) groups excluding carboxylic acids is 1. The molecule has 0 aliphatic heterocycles. The number of halogens is 1. The molecule has 168 valence electrons. The molecule has 1 N–H and O–H groups in total. The van der Waals surface area contributed by atoms with Crippen LogP contribution in [-0.2, 0) is 6.54 Å². The average Bonchev–Trinajstić information content (AvgIpc) is 2.78. The largest absolute Gasteiger partial charge is 0.496 e. The summed E-state index contributed by atoms with van der Waals surface area (Å²) in [6.07, 6.45) is 0. The van der Waals surface area contributed by atoms with Gasteiger partial charge in [0.2, 0.25) is 0 Å². The Morgan fingerprint density at radius 3 is 2.31 bits per heavy atom. The summed E-state index contributed by atoms with van der Waals surface area (Å²) >= 11 is 5.98. The van der Waals surface area contributed by atoms with Crippen molar-refractivity contribution in [3.8, 4) is 16.9 Å². The molecule has 0 atom stereocenters. The van der Waals surface area contributed by atoms with Gasteiger partial charge in [0, 0.05) is 41.5 Å². The van der Waals surface area contributed by atoms with E-state index < -0.39 is 0 Å². The van der Waals surface area contributed by atoms with Crippen molar-refractivity contribution in [3.05, 3.63) is 82.9 Å². The van der Waals surface area contributed by atoms with Crippen molar-refractivity contribution in [1.29, 1.82) is 0 Å². The number of hydrogen-bond acceptors (Lipinski definition) is 4. The van der Waals surface area contributed by atoms with Crippen LogP contribution in [0, 0.1) is 0 Å². The zero-order valence-electron chi connectivity index (χ0n) is 19.1. The minimum Gasteiger partial charge on any atom is -0.496 e. The average molecular weight is 452 g/mol. The summed E-state index contributed by atoms with van der Waals surface area (Å²) in [6.45, 7) is 2.78. The fourth-order valence-electron chi connectivity index (χ4n) is 3.40. The Morgan fingerprint density at radius 1 is 0.938 bits per heavy atom. The summed E-state index contributed by atoms with van der Waals surface area (Å²) in [5.41, 5.74) is 4.58. The SMILES string of the molecule is COc1ccc(-c2ccc(NC(=O)c3cccc(Cl)c3)cc2)cc1CN(C)CCN(C)C. The predicted molar refractivity (Wildman–Crippen MR) is 133 cm³/mol. The van der Waals surface area contributed by atoms with Crippen LogP contribution < -0.4 is 10.1 Å². The molecule has 0 saturated heterocycles. The lowest BCUT2D eigenvalue weighted by molar-refractivity contribution is 0.102. The number of likely N-dealkylation sites (N-methyl/N-ethyl adjacent to an activating group) is 2. The molecule has 3 aromatic carbocycles. The standard InChI is InChI=1S/C26H30ClN3O2/c1-29(2)14-15-30(3)18-22-16-20(10-13-25(22)32-4)19-8-11-24(12-9-19)28-26(31)21-6-5-7-23(27)17-21/h5-13,16-17H,14-15,18H2,1-4H3,(H,28,31). The third-order valence-corrected chi connectivity index (χ3v) is 5.45. The first-order valence-corrected chi connectivity index (χ1v) is 10.9. The number of amides is 1. The molecule has 0 bridgehead atoms. The number of anilines is 1. The van der Waals surface area contributed by atoms with Gasteiger partial charge < -0.3 is 19.9 Å². The second-order valence-electron chi connectivity index (χ2n) is 8.11. The third-order valence-electron chi connectivity index (χ3n) is 5.21. The minimum absolute atomic E-state index is 0.187. The van der Waals surface area contributed by atoms with E-state index in [0.717, 1.165) is 47.8 Å². The van der Waals surface area contributed by atoms with Gasteiger partial charge in [-0.15, -0.1) is 0 Å². The molecule has 5 nitrogen and oxygen atoms in total. The lowest BCUT2D eigenvalue weighted by atomic mass is 10.0. The van der Waals surface area contributed by atoms with Gasteiger partial charge in [0.15, 0.2) is 0 Å². The fraction of sp³-hybridized carbons (Fsp3) is 0.269. The van der Waals surface area contributed by atoms with E-state index in [-0.39, 0.29) is 5.91 Å². The molecule has 6 heteroatoms. The Kier molecular flexibility index (Phi) is 8.28. The molecule has 0 spiro atoms. The lowest BCUT2D eigenvalue weighted by Crippen LogP contribution is -2.28. The van der Waals surface area contributed by atoms with E-state index in [4.69, 9.17) is 16.3 Å². The van der Waals surface area contributed by atoms with Gasteiger partial charge in [-0.2, -0.15) is 0 Å². The van der Waals surface area contributed by atoms with Gasteiger partial charge >= 0.3 is 0 Å². The highest BCUT2D eigenvalue weighted by molar-refractivity contribution is 6.31. The summed E-state index contributed by atoms with van der Waals surface area (Å²) in [4.78, 5) is 16.9. The third kappa shape index (κ3) is 6.57. The van der Waals surface area contributed by atoms with Crippen LogP contribution in [-0.4, -0.2) is 57.0 Å². The van der Waals surface area contributed by atoms with Crippen LogP contribution in [0.1, 0.15) is 15.9 Å². The molecule has 3 aromatic rings. The summed E-state index contributed by atoms with van der Waals surface area (Å²) in [5, 5.41) is 3.45. The van der Waals surface area contributed by atoms with Crippen molar-refractivity contribution >= 4 is 23.2 Å².